The van der Waals surface area contributed by atoms with Gasteiger partial charge in [0.05, 0.1) is 11.9 Å². The van der Waals surface area contributed by atoms with E-state index in [0.717, 1.165) is 61.2 Å². The van der Waals surface area contributed by atoms with Crippen molar-refractivity contribution in [2.75, 3.05) is 41.8 Å². The second-order valence-electron chi connectivity index (χ2n) is 9.97. The fraction of sp³-hybridized carbons (Fsp3) is 0.462. The number of aromatic nitrogens is 4. The third-order valence-electron chi connectivity index (χ3n) is 7.31. The van der Waals surface area contributed by atoms with Gasteiger partial charge in [-0.1, -0.05) is 0 Å². The molecule has 36 heavy (non-hydrogen) atoms. The Morgan fingerprint density at radius 3 is 2.81 bits per heavy atom. The van der Waals surface area contributed by atoms with E-state index in [1.165, 1.54) is 16.7 Å². The van der Waals surface area contributed by atoms with Gasteiger partial charge in [0.1, 0.15) is 24.7 Å². The van der Waals surface area contributed by atoms with Crippen LogP contribution in [0.4, 0.5) is 23.0 Å². The summed E-state index contributed by atoms with van der Waals surface area (Å²) in [5.74, 6) is 2.28. The predicted octanol–water partition coefficient (Wildman–Crippen LogP) is 2.89. The second-order valence-corrected chi connectivity index (χ2v) is 9.97. The third kappa shape index (κ3) is 4.10. The number of nitrogens with one attached hydrogen (secondary N) is 2. The Labute approximate surface area is 210 Å². The van der Waals surface area contributed by atoms with Crippen molar-refractivity contribution < 1.29 is 9.53 Å². The van der Waals surface area contributed by atoms with Crippen molar-refractivity contribution in [3.8, 4) is 5.88 Å². The Hall–Kier alpha value is -3.82. The Morgan fingerprint density at radius 1 is 1.06 bits per heavy atom. The molecule has 188 valence electrons. The fourth-order valence-corrected chi connectivity index (χ4v) is 5.35. The lowest BCUT2D eigenvalue weighted by Gasteiger charge is -2.33. The van der Waals surface area contributed by atoms with E-state index < -0.39 is 0 Å². The van der Waals surface area contributed by atoms with Crippen LogP contribution in [0.25, 0.3) is 0 Å². The van der Waals surface area contributed by atoms with Gasteiger partial charge < -0.3 is 25.2 Å². The molecular weight excluding hydrogens is 456 g/mol. The topological polar surface area (TPSA) is 100 Å². The molecule has 10 nitrogen and oxygen atoms in total. The lowest BCUT2D eigenvalue weighted by Crippen LogP contribution is -2.38. The molecule has 0 radical (unpaired) electrons. The summed E-state index contributed by atoms with van der Waals surface area (Å²) in [6, 6.07) is 4.34. The molecule has 6 rings (SSSR count). The Kier molecular flexibility index (Phi) is 5.66. The van der Waals surface area contributed by atoms with E-state index in [9.17, 15) is 4.79 Å². The Balaban J connectivity index is 1.19. The molecule has 3 aliphatic heterocycles. The molecule has 0 aliphatic carbocycles. The van der Waals surface area contributed by atoms with Crippen molar-refractivity contribution in [3.05, 3.63) is 46.9 Å². The minimum atomic E-state index is 0.110. The summed E-state index contributed by atoms with van der Waals surface area (Å²) in [6.45, 7) is 10.4. The Morgan fingerprint density at radius 2 is 1.94 bits per heavy atom. The first-order valence-corrected chi connectivity index (χ1v) is 12.7. The maximum atomic E-state index is 12.6. The second kappa shape index (κ2) is 9.00. The first-order chi connectivity index (χ1) is 17.5. The summed E-state index contributed by atoms with van der Waals surface area (Å²) < 4.78 is 7.51. The van der Waals surface area contributed by atoms with Crippen LogP contribution in [-0.4, -0.2) is 62.8 Å². The molecule has 0 atom stereocenters. The SMILES string of the molecule is Cc1c(N2CCc3cnc(Nc4cc5n(n4)CC(=O)N(C(C)C)CC5)cc3C2)cnc2c1NCCO2. The number of amides is 1. The average molecular weight is 489 g/mol. The quantitative estimate of drug-likeness (QED) is 0.578. The number of pyridine rings is 2. The van der Waals surface area contributed by atoms with Gasteiger partial charge in [-0.2, -0.15) is 5.10 Å². The van der Waals surface area contributed by atoms with E-state index in [1.807, 2.05) is 28.0 Å². The van der Waals surface area contributed by atoms with E-state index in [4.69, 9.17) is 4.74 Å². The maximum Gasteiger partial charge on any atom is 0.244 e. The van der Waals surface area contributed by atoms with Gasteiger partial charge >= 0.3 is 0 Å². The summed E-state index contributed by atoms with van der Waals surface area (Å²) in [4.78, 5) is 26.1. The first-order valence-electron chi connectivity index (χ1n) is 12.7. The van der Waals surface area contributed by atoms with Gasteiger partial charge in [-0.3, -0.25) is 9.48 Å². The molecule has 0 bridgehead atoms. The number of carbonyl (C=O) groups is 1. The molecule has 1 amide bonds. The van der Waals surface area contributed by atoms with Crippen molar-refractivity contribution in [2.24, 2.45) is 0 Å². The molecule has 0 saturated heterocycles. The average Bonchev–Trinajstić information content (AvgIpc) is 3.16. The van der Waals surface area contributed by atoms with Gasteiger partial charge in [-0.15, -0.1) is 0 Å². The van der Waals surface area contributed by atoms with Crippen LogP contribution in [-0.2, 0) is 30.7 Å². The predicted molar refractivity (Wildman–Crippen MR) is 138 cm³/mol. The third-order valence-corrected chi connectivity index (χ3v) is 7.31. The number of anilines is 4. The lowest BCUT2D eigenvalue weighted by atomic mass is 10.0. The van der Waals surface area contributed by atoms with Gasteiger partial charge in [-0.05, 0) is 44.4 Å². The highest BCUT2D eigenvalue weighted by Gasteiger charge is 2.25. The van der Waals surface area contributed by atoms with Crippen LogP contribution in [0.2, 0.25) is 0 Å². The zero-order valence-corrected chi connectivity index (χ0v) is 21.0. The van der Waals surface area contributed by atoms with Crippen molar-refractivity contribution in [1.82, 2.24) is 24.6 Å². The first kappa shape index (κ1) is 22.6. The van der Waals surface area contributed by atoms with E-state index >= 15 is 0 Å². The minimum absolute atomic E-state index is 0.110. The van der Waals surface area contributed by atoms with Gasteiger partial charge in [0.2, 0.25) is 11.8 Å². The van der Waals surface area contributed by atoms with Gasteiger partial charge in [-0.25, -0.2) is 9.97 Å². The number of hydrogen-bond donors (Lipinski definition) is 2. The highest BCUT2D eigenvalue weighted by Crippen LogP contribution is 2.36. The summed E-state index contributed by atoms with van der Waals surface area (Å²) in [5.41, 5.74) is 6.86. The largest absolute Gasteiger partial charge is 0.474 e. The number of ether oxygens (including phenoxy) is 1. The van der Waals surface area contributed by atoms with E-state index in [0.29, 0.717) is 19.0 Å². The van der Waals surface area contributed by atoms with Crippen molar-refractivity contribution in [3.63, 3.8) is 0 Å². The number of carbonyl (C=O) groups excluding carboxylic acids is 1. The van der Waals surface area contributed by atoms with Gasteiger partial charge in [0.15, 0.2) is 5.82 Å². The van der Waals surface area contributed by atoms with E-state index in [2.05, 4.69) is 57.4 Å². The zero-order chi connectivity index (χ0) is 24.8. The molecule has 0 unspecified atom stereocenters. The van der Waals surface area contributed by atoms with Crippen LogP contribution >= 0.6 is 0 Å². The summed E-state index contributed by atoms with van der Waals surface area (Å²) in [5, 5.41) is 11.5. The molecule has 0 aromatic carbocycles. The maximum absolute atomic E-state index is 12.6. The smallest absolute Gasteiger partial charge is 0.244 e. The van der Waals surface area contributed by atoms with Crippen molar-refractivity contribution in [1.29, 1.82) is 0 Å². The molecule has 0 saturated carbocycles. The monoisotopic (exact) mass is 488 g/mol. The van der Waals surface area contributed by atoms with Gasteiger partial charge in [0.25, 0.3) is 0 Å². The molecule has 0 fully saturated rings. The highest BCUT2D eigenvalue weighted by molar-refractivity contribution is 5.77. The van der Waals surface area contributed by atoms with E-state index in [1.54, 1.807) is 0 Å². The van der Waals surface area contributed by atoms with Crippen LogP contribution in [0.3, 0.4) is 0 Å². The van der Waals surface area contributed by atoms with Crippen LogP contribution in [0, 0.1) is 6.92 Å². The molecule has 2 N–H and O–H groups in total. The van der Waals surface area contributed by atoms with Crippen LogP contribution in [0.5, 0.6) is 5.88 Å². The number of hydrogen-bond acceptors (Lipinski definition) is 8. The summed E-state index contributed by atoms with van der Waals surface area (Å²) in [7, 11) is 0. The van der Waals surface area contributed by atoms with Crippen molar-refractivity contribution >= 4 is 28.9 Å². The highest BCUT2D eigenvalue weighted by atomic mass is 16.5. The standard InChI is InChI=1S/C26H32N8O2/c1-16(2)33-8-5-20-11-23(31-34(20)15-24(33)35)30-22-10-19-14-32(7-4-18(19)12-28-22)21-13-29-26-25(17(21)3)27-6-9-36-26/h10-13,16,27H,4-9,14-15H2,1-3H3,(H,28,30,31). The Bertz CT molecular complexity index is 1320. The number of fused-ring (bicyclic) bond motifs is 3. The molecule has 3 aromatic rings. The van der Waals surface area contributed by atoms with E-state index in [-0.39, 0.29) is 18.5 Å². The van der Waals surface area contributed by atoms with Crippen LogP contribution < -0.4 is 20.3 Å². The van der Waals surface area contributed by atoms with Crippen LogP contribution in [0.1, 0.15) is 36.2 Å². The minimum Gasteiger partial charge on any atom is -0.474 e. The van der Waals surface area contributed by atoms with Crippen LogP contribution in [0.15, 0.2) is 24.5 Å². The molecular formula is C26H32N8O2. The normalized spacial score (nSPS) is 17.1. The summed E-state index contributed by atoms with van der Waals surface area (Å²) >= 11 is 0. The lowest BCUT2D eigenvalue weighted by molar-refractivity contribution is -0.133. The molecule has 6 heterocycles. The fourth-order valence-electron chi connectivity index (χ4n) is 5.35. The molecule has 10 heteroatoms. The molecule has 0 spiro atoms. The van der Waals surface area contributed by atoms with Gasteiger partial charge in [0, 0.05) is 62.2 Å². The van der Waals surface area contributed by atoms with Crippen molar-refractivity contribution in [2.45, 2.75) is 52.7 Å². The summed E-state index contributed by atoms with van der Waals surface area (Å²) in [6.07, 6.45) is 5.61. The molecule has 3 aromatic heterocycles. The molecule has 3 aliphatic rings. The number of rotatable bonds is 4. The number of nitrogens with zero attached hydrogens (tertiary/aromatic N) is 6. The zero-order valence-electron chi connectivity index (χ0n) is 21.0.